The van der Waals surface area contributed by atoms with Crippen molar-refractivity contribution in [2.24, 2.45) is 0 Å². The Labute approximate surface area is 159 Å². The Bertz CT molecular complexity index is 970. The minimum Gasteiger partial charge on any atom is -0.467 e. The molecule has 3 heterocycles. The van der Waals surface area contributed by atoms with Gasteiger partial charge < -0.3 is 19.2 Å². The predicted octanol–water partition coefficient (Wildman–Crippen LogP) is 5.05. The van der Waals surface area contributed by atoms with Gasteiger partial charge in [-0.2, -0.15) is 0 Å². The van der Waals surface area contributed by atoms with Crippen LogP contribution in [0.15, 0.2) is 53.1 Å². The molecule has 27 heavy (non-hydrogen) atoms. The van der Waals surface area contributed by atoms with E-state index in [0.29, 0.717) is 18.2 Å². The molecule has 0 spiro atoms. The Hall–Kier alpha value is -2.95. The lowest BCUT2D eigenvalue weighted by molar-refractivity contribution is 0.0651. The molecule has 1 atom stereocenters. The normalized spacial score (nSPS) is 16.6. The number of carbonyl (C=O) groups is 1. The van der Waals surface area contributed by atoms with Gasteiger partial charge in [-0.3, -0.25) is 4.79 Å². The summed E-state index contributed by atoms with van der Waals surface area (Å²) in [6.07, 6.45) is 1.40. The topological polar surface area (TPSA) is 50.4 Å². The third-order valence-corrected chi connectivity index (χ3v) is 5.26. The molecule has 0 saturated heterocycles. The Morgan fingerprint density at radius 1 is 1.15 bits per heavy atom. The molecule has 5 nitrogen and oxygen atoms in total. The maximum atomic E-state index is 13.3. The number of nitrogens with one attached hydrogen (secondary N) is 1. The number of benzene rings is 1. The van der Waals surface area contributed by atoms with Gasteiger partial charge in [-0.25, -0.2) is 0 Å². The first-order valence-corrected chi connectivity index (χ1v) is 9.34. The van der Waals surface area contributed by atoms with Gasteiger partial charge in [0.25, 0.3) is 5.91 Å². The van der Waals surface area contributed by atoms with Crippen LogP contribution >= 0.6 is 0 Å². The number of nitrogens with zero attached hydrogens (tertiary/aromatic N) is 2. The number of hydrogen-bond acceptors (Lipinski definition) is 3. The molecule has 0 radical (unpaired) electrons. The molecule has 3 aromatic rings. The summed E-state index contributed by atoms with van der Waals surface area (Å²) in [5.74, 6) is 0.785. The molecule has 2 aromatic heterocycles. The summed E-state index contributed by atoms with van der Waals surface area (Å²) >= 11 is 0. The second kappa shape index (κ2) is 6.65. The van der Waals surface area contributed by atoms with Gasteiger partial charge in [-0.15, -0.1) is 0 Å². The van der Waals surface area contributed by atoms with Crippen LogP contribution in [0.25, 0.3) is 0 Å². The first-order chi connectivity index (χ1) is 13.0. The van der Waals surface area contributed by atoms with Crippen LogP contribution in [-0.4, -0.2) is 15.4 Å². The molecule has 0 fully saturated rings. The fraction of sp³-hybridized carbons (Fsp3) is 0.318. The summed E-state index contributed by atoms with van der Waals surface area (Å²) in [6, 6.07) is 14.0. The van der Waals surface area contributed by atoms with E-state index in [2.05, 4.69) is 43.6 Å². The standard InChI is InChI=1S/C22H25N3O2/c1-14(2)25-15(3)12-19(16(25)4)21-23-20-10-6-5-9-18(20)22(26)24(21)13-17-8-7-11-27-17/h5-12,14,21,23H,13H2,1-4H3/t21-/m1/s1. The molecule has 140 valence electrons. The minimum absolute atomic E-state index is 0.0140. The molecule has 1 aromatic carbocycles. The van der Waals surface area contributed by atoms with Crippen LogP contribution < -0.4 is 5.32 Å². The zero-order chi connectivity index (χ0) is 19.1. The van der Waals surface area contributed by atoms with E-state index in [1.54, 1.807) is 6.26 Å². The molecule has 0 aliphatic carbocycles. The van der Waals surface area contributed by atoms with Crippen molar-refractivity contribution >= 4 is 11.6 Å². The van der Waals surface area contributed by atoms with Crippen molar-refractivity contribution in [3.63, 3.8) is 0 Å². The Kier molecular flexibility index (Phi) is 4.30. The number of fused-ring (bicyclic) bond motifs is 1. The quantitative estimate of drug-likeness (QED) is 0.706. The van der Waals surface area contributed by atoms with Gasteiger partial charge in [-0.1, -0.05) is 12.1 Å². The molecule has 4 rings (SSSR count). The molecule has 1 N–H and O–H groups in total. The van der Waals surface area contributed by atoms with Crippen molar-refractivity contribution < 1.29 is 9.21 Å². The van der Waals surface area contributed by atoms with Crippen LogP contribution in [0.2, 0.25) is 0 Å². The molecule has 1 aliphatic rings. The number of anilines is 1. The van der Waals surface area contributed by atoms with Crippen LogP contribution in [0.5, 0.6) is 0 Å². The first-order valence-electron chi connectivity index (χ1n) is 9.34. The van der Waals surface area contributed by atoms with E-state index >= 15 is 0 Å². The Morgan fingerprint density at radius 3 is 2.59 bits per heavy atom. The van der Waals surface area contributed by atoms with Crippen LogP contribution in [0.3, 0.4) is 0 Å². The summed E-state index contributed by atoms with van der Waals surface area (Å²) in [6.45, 7) is 9.02. The number of carbonyl (C=O) groups excluding carboxylic acids is 1. The van der Waals surface area contributed by atoms with Gasteiger partial charge in [-0.05, 0) is 58.0 Å². The molecule has 1 aliphatic heterocycles. The lowest BCUT2D eigenvalue weighted by Crippen LogP contribution is -2.42. The van der Waals surface area contributed by atoms with E-state index in [-0.39, 0.29) is 12.1 Å². The number of aryl methyl sites for hydroxylation is 1. The van der Waals surface area contributed by atoms with Crippen molar-refractivity contribution in [1.82, 2.24) is 9.47 Å². The van der Waals surface area contributed by atoms with Crippen LogP contribution in [0.4, 0.5) is 5.69 Å². The highest BCUT2D eigenvalue weighted by molar-refractivity contribution is 6.01. The van der Waals surface area contributed by atoms with Gasteiger partial charge in [0.05, 0.1) is 18.4 Å². The highest BCUT2D eigenvalue weighted by Gasteiger charge is 2.35. The average molecular weight is 363 g/mol. The van der Waals surface area contributed by atoms with Gasteiger partial charge >= 0.3 is 0 Å². The lowest BCUT2D eigenvalue weighted by atomic mass is 10.0. The van der Waals surface area contributed by atoms with Crippen molar-refractivity contribution in [2.45, 2.75) is 46.4 Å². The van der Waals surface area contributed by atoms with Gasteiger partial charge in [0, 0.05) is 28.7 Å². The van der Waals surface area contributed by atoms with Gasteiger partial charge in [0.15, 0.2) is 0 Å². The van der Waals surface area contributed by atoms with Crippen LogP contribution in [0, 0.1) is 13.8 Å². The molecule has 0 bridgehead atoms. The van der Waals surface area contributed by atoms with E-state index in [4.69, 9.17) is 4.42 Å². The van der Waals surface area contributed by atoms with Gasteiger partial charge in [0.2, 0.25) is 0 Å². The van der Waals surface area contributed by atoms with E-state index in [9.17, 15) is 4.79 Å². The first kappa shape index (κ1) is 17.5. The number of furan rings is 1. The van der Waals surface area contributed by atoms with E-state index < -0.39 is 0 Å². The lowest BCUT2D eigenvalue weighted by Gasteiger charge is -2.37. The number of hydrogen-bond donors (Lipinski definition) is 1. The molecule has 1 amide bonds. The van der Waals surface area contributed by atoms with Crippen molar-refractivity contribution in [2.75, 3.05) is 5.32 Å². The molecule has 5 heteroatoms. The fourth-order valence-electron chi connectivity index (χ4n) is 4.15. The fourth-order valence-corrected chi connectivity index (χ4v) is 4.15. The monoisotopic (exact) mass is 363 g/mol. The molecule has 0 saturated carbocycles. The highest BCUT2D eigenvalue weighted by atomic mass is 16.3. The maximum absolute atomic E-state index is 13.3. The third kappa shape index (κ3) is 2.93. The molecular formula is C22H25N3O2. The van der Waals surface area contributed by atoms with Crippen molar-refractivity contribution in [3.05, 3.63) is 77.0 Å². The minimum atomic E-state index is -0.240. The van der Waals surface area contributed by atoms with E-state index in [0.717, 1.165) is 17.0 Å². The van der Waals surface area contributed by atoms with Crippen molar-refractivity contribution in [3.8, 4) is 0 Å². The average Bonchev–Trinajstić information content (AvgIpc) is 3.25. The number of para-hydroxylation sites is 1. The number of amides is 1. The summed E-state index contributed by atoms with van der Waals surface area (Å²) < 4.78 is 7.84. The smallest absolute Gasteiger partial charge is 0.258 e. The number of rotatable bonds is 4. The Morgan fingerprint density at radius 2 is 1.93 bits per heavy atom. The second-order valence-electron chi connectivity index (χ2n) is 7.40. The third-order valence-electron chi connectivity index (χ3n) is 5.26. The van der Waals surface area contributed by atoms with E-state index in [1.807, 2.05) is 41.3 Å². The zero-order valence-corrected chi connectivity index (χ0v) is 16.2. The molecular weight excluding hydrogens is 338 g/mol. The summed E-state index contributed by atoms with van der Waals surface area (Å²) in [5, 5.41) is 3.58. The highest BCUT2D eigenvalue weighted by Crippen LogP contribution is 2.37. The maximum Gasteiger partial charge on any atom is 0.258 e. The summed E-state index contributed by atoms with van der Waals surface area (Å²) in [5.41, 5.74) is 5.06. The molecule has 0 unspecified atom stereocenters. The Balaban J connectivity index is 1.81. The summed E-state index contributed by atoms with van der Waals surface area (Å²) in [7, 11) is 0. The largest absolute Gasteiger partial charge is 0.467 e. The van der Waals surface area contributed by atoms with Crippen LogP contribution in [-0.2, 0) is 6.54 Å². The van der Waals surface area contributed by atoms with E-state index in [1.165, 1.54) is 11.4 Å². The summed E-state index contributed by atoms with van der Waals surface area (Å²) in [4.78, 5) is 15.2. The van der Waals surface area contributed by atoms with Crippen molar-refractivity contribution in [1.29, 1.82) is 0 Å². The predicted molar refractivity (Wildman–Crippen MR) is 106 cm³/mol. The van der Waals surface area contributed by atoms with Crippen LogP contribution in [0.1, 0.15) is 59.1 Å². The van der Waals surface area contributed by atoms with Gasteiger partial charge in [0.1, 0.15) is 11.9 Å². The zero-order valence-electron chi connectivity index (χ0n) is 16.2. The number of aromatic nitrogens is 1. The SMILES string of the molecule is Cc1cc([C@@H]2Nc3ccccc3C(=O)N2Cc2ccco2)c(C)n1C(C)C. The second-order valence-corrected chi connectivity index (χ2v) is 7.40.